The maximum atomic E-state index is 11.8. The lowest BCUT2D eigenvalue weighted by molar-refractivity contribution is -0.141. The fourth-order valence-electron chi connectivity index (χ4n) is 8.47. The zero-order valence-corrected chi connectivity index (χ0v) is 16.8. The van der Waals surface area contributed by atoms with Crippen LogP contribution >= 0.6 is 0 Å². The van der Waals surface area contributed by atoms with Crippen molar-refractivity contribution in [1.82, 2.24) is 0 Å². The molecule has 5 aliphatic rings. The van der Waals surface area contributed by atoms with Crippen LogP contribution in [-0.2, 0) is 19.1 Å². The SMILES string of the molecule is C=CC(=O)OCC1CC2C(C1)C1CC2C2C3CC(COC(=O)C(=C)C)C(C3)C12. The Kier molecular flexibility index (Phi) is 4.44. The molecule has 0 aromatic rings. The highest BCUT2D eigenvalue weighted by Gasteiger charge is 2.68. The molecule has 4 heteroatoms. The molecule has 0 aromatic carbocycles. The van der Waals surface area contributed by atoms with Gasteiger partial charge in [-0.2, -0.15) is 0 Å². The number of hydrogen-bond donors (Lipinski definition) is 0. The molecule has 0 heterocycles. The maximum absolute atomic E-state index is 11.8. The lowest BCUT2D eigenvalue weighted by Crippen LogP contribution is -2.39. The average molecular weight is 385 g/mol. The number of rotatable bonds is 6. The molecule has 4 nitrogen and oxygen atoms in total. The molecule has 0 radical (unpaired) electrons. The number of ether oxygens (including phenoxy) is 2. The fourth-order valence-corrected chi connectivity index (χ4v) is 8.47. The Morgan fingerprint density at radius 2 is 1.61 bits per heavy atom. The number of esters is 2. The van der Waals surface area contributed by atoms with Crippen molar-refractivity contribution in [2.45, 2.75) is 39.0 Å². The lowest BCUT2D eigenvalue weighted by Gasteiger charge is -2.43. The van der Waals surface area contributed by atoms with Crippen LogP contribution in [0.5, 0.6) is 0 Å². The first kappa shape index (κ1) is 18.4. The van der Waals surface area contributed by atoms with Gasteiger partial charge in [-0.15, -0.1) is 0 Å². The second-order valence-corrected chi connectivity index (χ2v) is 10.3. The van der Waals surface area contributed by atoms with Gasteiger partial charge < -0.3 is 9.47 Å². The molecule has 5 fully saturated rings. The van der Waals surface area contributed by atoms with Crippen LogP contribution in [-0.4, -0.2) is 25.2 Å². The smallest absolute Gasteiger partial charge is 0.333 e. The Labute approximate surface area is 167 Å². The fraction of sp³-hybridized carbons (Fsp3) is 0.750. The largest absolute Gasteiger partial charge is 0.462 e. The molecule has 10 atom stereocenters. The predicted octanol–water partition coefficient (Wildman–Crippen LogP) is 4.02. The van der Waals surface area contributed by atoms with Crippen LogP contribution in [0.1, 0.15) is 39.0 Å². The molecule has 5 rings (SSSR count). The van der Waals surface area contributed by atoms with Gasteiger partial charge in [0.05, 0.1) is 13.2 Å². The third-order valence-electron chi connectivity index (χ3n) is 9.07. The van der Waals surface area contributed by atoms with Gasteiger partial charge in [0.25, 0.3) is 0 Å². The molecule has 152 valence electrons. The minimum Gasteiger partial charge on any atom is -0.462 e. The molecule has 4 bridgehead atoms. The van der Waals surface area contributed by atoms with Crippen molar-refractivity contribution in [3.05, 3.63) is 24.8 Å². The Hall–Kier alpha value is -1.58. The first-order chi connectivity index (χ1) is 13.5. The summed E-state index contributed by atoms with van der Waals surface area (Å²) in [5.74, 6) is 7.37. The Bertz CT molecular complexity index is 711. The van der Waals surface area contributed by atoms with E-state index in [4.69, 9.17) is 9.47 Å². The summed E-state index contributed by atoms with van der Waals surface area (Å²) >= 11 is 0. The third-order valence-corrected chi connectivity index (χ3v) is 9.07. The van der Waals surface area contributed by atoms with Gasteiger partial charge in [-0.3, -0.25) is 0 Å². The topological polar surface area (TPSA) is 52.6 Å². The van der Waals surface area contributed by atoms with Gasteiger partial charge >= 0.3 is 11.9 Å². The van der Waals surface area contributed by atoms with Crippen LogP contribution in [0.25, 0.3) is 0 Å². The summed E-state index contributed by atoms with van der Waals surface area (Å²) in [6, 6.07) is 0. The highest BCUT2D eigenvalue weighted by molar-refractivity contribution is 5.86. The van der Waals surface area contributed by atoms with E-state index in [1.165, 1.54) is 38.2 Å². The second kappa shape index (κ2) is 6.74. The molecule has 0 spiro atoms. The first-order valence-electron chi connectivity index (χ1n) is 11.1. The summed E-state index contributed by atoms with van der Waals surface area (Å²) in [7, 11) is 0. The molecule has 0 amide bonds. The lowest BCUT2D eigenvalue weighted by atomic mass is 9.62. The van der Waals surface area contributed by atoms with Crippen LogP contribution < -0.4 is 0 Å². The van der Waals surface area contributed by atoms with E-state index in [-0.39, 0.29) is 11.9 Å². The van der Waals surface area contributed by atoms with Crippen LogP contribution in [0.4, 0.5) is 0 Å². The second-order valence-electron chi connectivity index (χ2n) is 10.3. The van der Waals surface area contributed by atoms with E-state index in [0.29, 0.717) is 30.6 Å². The minimum atomic E-state index is -0.290. The molecule has 0 N–H and O–H groups in total. The molecule has 0 saturated heterocycles. The van der Waals surface area contributed by atoms with E-state index in [0.717, 1.165) is 47.3 Å². The van der Waals surface area contributed by atoms with Crippen molar-refractivity contribution >= 4 is 11.9 Å². The number of hydrogen-bond acceptors (Lipinski definition) is 4. The van der Waals surface area contributed by atoms with Gasteiger partial charge in [0.2, 0.25) is 0 Å². The van der Waals surface area contributed by atoms with E-state index in [2.05, 4.69) is 13.2 Å². The predicted molar refractivity (Wildman–Crippen MR) is 105 cm³/mol. The summed E-state index contributed by atoms with van der Waals surface area (Å²) in [4.78, 5) is 23.2. The van der Waals surface area contributed by atoms with Gasteiger partial charge in [0.1, 0.15) is 0 Å². The third kappa shape index (κ3) is 2.70. The van der Waals surface area contributed by atoms with Crippen LogP contribution in [0, 0.1) is 59.2 Å². The number of fused-ring (bicyclic) bond motifs is 12. The van der Waals surface area contributed by atoms with Crippen LogP contribution in [0.3, 0.4) is 0 Å². The molecular formula is C24H32O4. The molecular weight excluding hydrogens is 352 g/mol. The van der Waals surface area contributed by atoms with Crippen molar-refractivity contribution in [1.29, 1.82) is 0 Å². The van der Waals surface area contributed by atoms with Gasteiger partial charge in [0, 0.05) is 11.6 Å². The highest BCUT2D eigenvalue weighted by atomic mass is 16.5. The minimum absolute atomic E-state index is 0.236. The van der Waals surface area contributed by atoms with Gasteiger partial charge in [0.15, 0.2) is 0 Å². The van der Waals surface area contributed by atoms with Crippen LogP contribution in [0.2, 0.25) is 0 Å². The standard InChI is InChI=1S/C24H32O4/c1-4-21(25)27-10-13-5-17-18(6-13)20-9-19(17)22-14-7-15(16(8-14)23(20)22)11-28-24(26)12(2)3/h4,13-20,22-23H,1-2,5-11H2,3H3. The molecule has 5 saturated carbocycles. The Morgan fingerprint density at radius 3 is 2.29 bits per heavy atom. The van der Waals surface area contributed by atoms with E-state index >= 15 is 0 Å². The van der Waals surface area contributed by atoms with E-state index in [9.17, 15) is 9.59 Å². The van der Waals surface area contributed by atoms with E-state index < -0.39 is 0 Å². The summed E-state index contributed by atoms with van der Waals surface area (Å²) in [6.07, 6.45) is 7.77. The zero-order chi connectivity index (χ0) is 19.6. The molecule has 10 unspecified atom stereocenters. The van der Waals surface area contributed by atoms with Crippen molar-refractivity contribution < 1.29 is 19.1 Å². The van der Waals surface area contributed by atoms with Gasteiger partial charge in [-0.1, -0.05) is 13.2 Å². The van der Waals surface area contributed by atoms with Crippen molar-refractivity contribution in [2.24, 2.45) is 59.2 Å². The Morgan fingerprint density at radius 1 is 0.893 bits per heavy atom. The zero-order valence-electron chi connectivity index (χ0n) is 16.8. The first-order valence-corrected chi connectivity index (χ1v) is 11.1. The molecule has 5 aliphatic carbocycles. The highest BCUT2D eigenvalue weighted by Crippen LogP contribution is 2.74. The normalized spacial score (nSPS) is 46.9. The summed E-state index contributed by atoms with van der Waals surface area (Å²) in [5.41, 5.74) is 0.498. The van der Waals surface area contributed by atoms with Crippen molar-refractivity contribution in [2.75, 3.05) is 13.2 Å². The molecule has 28 heavy (non-hydrogen) atoms. The quantitative estimate of drug-likeness (QED) is 0.394. The monoisotopic (exact) mass is 384 g/mol. The van der Waals surface area contributed by atoms with E-state index in [1.54, 1.807) is 6.92 Å². The molecule has 0 aromatic heterocycles. The summed E-state index contributed by atoms with van der Waals surface area (Å²) in [5, 5.41) is 0. The number of carbonyl (C=O) groups is 2. The average Bonchev–Trinajstić information content (AvgIpc) is 3.45. The summed E-state index contributed by atoms with van der Waals surface area (Å²) in [6.45, 7) is 10.1. The van der Waals surface area contributed by atoms with E-state index in [1.807, 2.05) is 0 Å². The van der Waals surface area contributed by atoms with Crippen molar-refractivity contribution in [3.8, 4) is 0 Å². The maximum Gasteiger partial charge on any atom is 0.333 e. The number of carbonyl (C=O) groups excluding carboxylic acids is 2. The molecule has 0 aliphatic heterocycles. The summed E-state index contributed by atoms with van der Waals surface area (Å²) < 4.78 is 10.9. The van der Waals surface area contributed by atoms with Gasteiger partial charge in [-0.05, 0) is 98.2 Å². The van der Waals surface area contributed by atoms with Crippen LogP contribution in [0.15, 0.2) is 24.8 Å². The van der Waals surface area contributed by atoms with Gasteiger partial charge in [-0.25, -0.2) is 9.59 Å². The van der Waals surface area contributed by atoms with Crippen molar-refractivity contribution in [3.63, 3.8) is 0 Å². The Balaban J connectivity index is 1.23.